The van der Waals surface area contributed by atoms with Crippen molar-refractivity contribution < 1.29 is 13.9 Å². The van der Waals surface area contributed by atoms with Gasteiger partial charge in [0, 0.05) is 29.0 Å². The Morgan fingerprint density at radius 3 is 2.50 bits per heavy atom. The highest BCUT2D eigenvalue weighted by Gasteiger charge is 2.07. The molecule has 0 saturated heterocycles. The topological polar surface area (TPSA) is 72.5 Å². The molecule has 2 heterocycles. The monoisotopic (exact) mass is 189 g/mol. The van der Waals surface area contributed by atoms with Gasteiger partial charge in [-0.15, -0.1) is 0 Å². The molecule has 0 aliphatic carbocycles. The molecule has 0 aliphatic rings. The van der Waals surface area contributed by atoms with Gasteiger partial charge in [-0.05, 0) is 6.07 Å². The second-order valence-corrected chi connectivity index (χ2v) is 3.16. The zero-order chi connectivity index (χ0) is 9.71. The lowest BCUT2D eigenvalue weighted by Crippen LogP contribution is -1.75. The van der Waals surface area contributed by atoms with Crippen molar-refractivity contribution in [3.8, 4) is 5.95 Å². The van der Waals surface area contributed by atoms with E-state index >= 15 is 0 Å². The third-order valence-corrected chi connectivity index (χ3v) is 2.16. The molecule has 70 valence electrons. The van der Waals surface area contributed by atoms with Crippen LogP contribution in [0.5, 0.6) is 5.95 Å². The van der Waals surface area contributed by atoms with Gasteiger partial charge in [-0.25, -0.2) is 0 Å². The first kappa shape index (κ1) is 7.32. The maximum absolute atomic E-state index is 9.13. The van der Waals surface area contributed by atoms with Gasteiger partial charge in [-0.1, -0.05) is 0 Å². The van der Waals surface area contributed by atoms with Gasteiger partial charge in [0.2, 0.25) is 0 Å². The van der Waals surface area contributed by atoms with Gasteiger partial charge < -0.3 is 19.7 Å². The molecule has 0 atom stereocenters. The molecular weight excluding hydrogens is 182 g/mol. The van der Waals surface area contributed by atoms with Crippen molar-refractivity contribution >= 4 is 27.8 Å². The minimum atomic E-state index is -0.0966. The van der Waals surface area contributed by atoms with E-state index in [1.165, 1.54) is 0 Å². The Balaban J connectivity index is 2.49. The summed E-state index contributed by atoms with van der Waals surface area (Å²) in [7, 11) is 0. The Bertz CT molecular complexity index is 518. The molecule has 0 aliphatic heterocycles. The molecule has 4 heteroatoms. The third-order valence-electron chi connectivity index (χ3n) is 2.16. The van der Waals surface area contributed by atoms with Gasteiger partial charge in [0.05, 0.1) is 0 Å². The number of anilines is 1. The van der Waals surface area contributed by atoms with Crippen LogP contribution in [-0.4, -0.2) is 5.11 Å². The summed E-state index contributed by atoms with van der Waals surface area (Å²) < 4.78 is 10.3. The molecule has 0 amide bonds. The summed E-state index contributed by atoms with van der Waals surface area (Å²) in [6, 6.07) is 6.85. The minimum Gasteiger partial charge on any atom is -0.481 e. The van der Waals surface area contributed by atoms with Crippen LogP contribution in [0.1, 0.15) is 0 Å². The lowest BCUT2D eigenvalue weighted by Gasteiger charge is -1.87. The van der Waals surface area contributed by atoms with Gasteiger partial charge in [0.25, 0.3) is 5.95 Å². The van der Waals surface area contributed by atoms with Crippen LogP contribution in [-0.2, 0) is 0 Å². The molecule has 4 nitrogen and oxygen atoms in total. The van der Waals surface area contributed by atoms with Crippen LogP contribution >= 0.6 is 0 Å². The highest BCUT2D eigenvalue weighted by Crippen LogP contribution is 2.30. The number of nitrogen functional groups attached to an aromatic ring is 1. The first-order valence-corrected chi connectivity index (χ1v) is 4.14. The fourth-order valence-electron chi connectivity index (χ4n) is 1.58. The Morgan fingerprint density at radius 2 is 1.64 bits per heavy atom. The smallest absolute Gasteiger partial charge is 0.282 e. The van der Waals surface area contributed by atoms with E-state index in [0.29, 0.717) is 17.1 Å². The summed E-state index contributed by atoms with van der Waals surface area (Å²) >= 11 is 0. The number of aromatic hydroxyl groups is 1. The van der Waals surface area contributed by atoms with Crippen molar-refractivity contribution in [3.05, 3.63) is 24.3 Å². The lowest BCUT2D eigenvalue weighted by molar-refractivity contribution is 0.346. The Morgan fingerprint density at radius 1 is 0.929 bits per heavy atom. The number of nitrogens with two attached hydrogens (primary N) is 1. The van der Waals surface area contributed by atoms with Crippen LogP contribution in [0.25, 0.3) is 21.9 Å². The Kier molecular flexibility index (Phi) is 1.16. The highest BCUT2D eigenvalue weighted by molar-refractivity contribution is 5.95. The summed E-state index contributed by atoms with van der Waals surface area (Å²) in [5.41, 5.74) is 6.75. The molecule has 0 radical (unpaired) electrons. The van der Waals surface area contributed by atoms with Crippen molar-refractivity contribution in [2.45, 2.75) is 0 Å². The van der Waals surface area contributed by atoms with E-state index in [-0.39, 0.29) is 5.95 Å². The lowest BCUT2D eigenvalue weighted by atomic mass is 10.2. The van der Waals surface area contributed by atoms with Crippen molar-refractivity contribution in [1.82, 2.24) is 0 Å². The molecular formula is C10H7NO3. The molecule has 0 saturated carbocycles. The number of rotatable bonds is 0. The van der Waals surface area contributed by atoms with Crippen molar-refractivity contribution in [2.24, 2.45) is 0 Å². The number of benzene rings is 1. The van der Waals surface area contributed by atoms with Crippen LogP contribution in [0.4, 0.5) is 5.88 Å². The average molecular weight is 189 g/mol. The molecule has 2 aromatic heterocycles. The summed E-state index contributed by atoms with van der Waals surface area (Å²) in [4.78, 5) is 0. The van der Waals surface area contributed by atoms with E-state index in [4.69, 9.17) is 19.7 Å². The van der Waals surface area contributed by atoms with Gasteiger partial charge >= 0.3 is 0 Å². The molecule has 0 spiro atoms. The number of hydrogen-bond acceptors (Lipinski definition) is 4. The predicted octanol–water partition coefficient (Wildman–Crippen LogP) is 2.47. The van der Waals surface area contributed by atoms with Crippen LogP contribution in [0.2, 0.25) is 0 Å². The fourth-order valence-corrected chi connectivity index (χ4v) is 1.58. The van der Waals surface area contributed by atoms with E-state index < -0.39 is 0 Å². The average Bonchev–Trinajstić information content (AvgIpc) is 2.59. The molecule has 14 heavy (non-hydrogen) atoms. The van der Waals surface area contributed by atoms with Crippen molar-refractivity contribution in [1.29, 1.82) is 0 Å². The molecule has 3 rings (SSSR count). The number of furan rings is 2. The van der Waals surface area contributed by atoms with Crippen LogP contribution < -0.4 is 5.73 Å². The number of fused-ring (bicyclic) bond motifs is 2. The van der Waals surface area contributed by atoms with Gasteiger partial charge in [0.15, 0.2) is 5.88 Å². The quantitative estimate of drug-likeness (QED) is 0.569. The minimum absolute atomic E-state index is 0.0966. The standard InChI is InChI=1S/C10H7NO3/c11-9-2-5-1-6-3-10(12)14-8(6)4-7(5)13-9/h1-4,12H,11H2. The van der Waals surface area contributed by atoms with Gasteiger partial charge in [-0.3, -0.25) is 0 Å². The highest BCUT2D eigenvalue weighted by atomic mass is 16.5. The van der Waals surface area contributed by atoms with Crippen LogP contribution in [0.3, 0.4) is 0 Å². The number of hydrogen-bond donors (Lipinski definition) is 2. The Hall–Kier alpha value is -2.10. The second kappa shape index (κ2) is 2.23. The Labute approximate surface area is 78.5 Å². The molecule has 0 unspecified atom stereocenters. The molecule has 1 aromatic carbocycles. The molecule has 3 aromatic rings. The normalized spacial score (nSPS) is 11.4. The first-order chi connectivity index (χ1) is 6.72. The first-order valence-electron chi connectivity index (χ1n) is 4.14. The van der Waals surface area contributed by atoms with E-state index in [1.54, 1.807) is 18.2 Å². The van der Waals surface area contributed by atoms with Crippen molar-refractivity contribution in [2.75, 3.05) is 5.73 Å². The SMILES string of the molecule is Nc1cc2cc3cc(O)oc3cc2o1. The molecule has 0 bridgehead atoms. The summed E-state index contributed by atoms with van der Waals surface area (Å²) in [5.74, 6) is 0.275. The van der Waals surface area contributed by atoms with E-state index in [9.17, 15) is 0 Å². The maximum Gasteiger partial charge on any atom is 0.282 e. The van der Waals surface area contributed by atoms with E-state index in [2.05, 4.69) is 0 Å². The zero-order valence-electron chi connectivity index (χ0n) is 7.15. The summed E-state index contributed by atoms with van der Waals surface area (Å²) in [5, 5.41) is 10.9. The summed E-state index contributed by atoms with van der Waals surface area (Å²) in [6.45, 7) is 0. The molecule has 0 fully saturated rings. The second-order valence-electron chi connectivity index (χ2n) is 3.16. The van der Waals surface area contributed by atoms with Gasteiger partial charge in [0.1, 0.15) is 11.2 Å². The fraction of sp³-hybridized carbons (Fsp3) is 0. The largest absolute Gasteiger partial charge is 0.481 e. The van der Waals surface area contributed by atoms with Crippen LogP contribution in [0, 0.1) is 0 Å². The third kappa shape index (κ3) is 0.877. The maximum atomic E-state index is 9.13. The van der Waals surface area contributed by atoms with Crippen molar-refractivity contribution in [3.63, 3.8) is 0 Å². The van der Waals surface area contributed by atoms with E-state index in [1.807, 2.05) is 6.07 Å². The summed E-state index contributed by atoms with van der Waals surface area (Å²) in [6.07, 6.45) is 0. The molecule has 3 N–H and O–H groups in total. The van der Waals surface area contributed by atoms with E-state index in [0.717, 1.165) is 10.8 Å². The van der Waals surface area contributed by atoms with Crippen LogP contribution in [0.15, 0.2) is 33.1 Å². The zero-order valence-corrected chi connectivity index (χ0v) is 7.15. The predicted molar refractivity (Wildman–Crippen MR) is 52.1 cm³/mol. The van der Waals surface area contributed by atoms with Gasteiger partial charge in [-0.2, -0.15) is 0 Å².